The lowest BCUT2D eigenvalue weighted by atomic mass is 9.96. The first kappa shape index (κ1) is 112. The Bertz CT molecular complexity index is 2070. The fraction of sp³-hybridized carbons (Fsp3) is 0.859. The molecule has 0 bridgehead atoms. The highest BCUT2D eigenvalue weighted by atomic mass is 16.2. The molecular formula is C85H174N12O8. The highest BCUT2D eigenvalue weighted by Gasteiger charge is 2.27. The van der Waals surface area contributed by atoms with Gasteiger partial charge in [-0.15, -0.1) is 0 Å². The summed E-state index contributed by atoms with van der Waals surface area (Å²) in [7, 11) is 0. The fourth-order valence-corrected chi connectivity index (χ4v) is 10.9. The minimum atomic E-state index is -0.606. The van der Waals surface area contributed by atoms with Gasteiger partial charge in [0.25, 0.3) is 0 Å². The van der Waals surface area contributed by atoms with Crippen LogP contribution in [0.4, 0.5) is 0 Å². The Morgan fingerprint density at radius 1 is 0.314 bits per heavy atom. The van der Waals surface area contributed by atoms with Crippen LogP contribution in [0.1, 0.15) is 367 Å². The van der Waals surface area contributed by atoms with Gasteiger partial charge in [-0.25, -0.2) is 0 Å². The van der Waals surface area contributed by atoms with Crippen molar-refractivity contribution in [3.05, 3.63) is 24.6 Å². The first-order valence-corrected chi connectivity index (χ1v) is 42.2. The number of amides is 2. The monoisotopic (exact) mass is 1490 g/mol. The Labute approximate surface area is 645 Å². The van der Waals surface area contributed by atoms with Gasteiger partial charge in [0.2, 0.25) is 11.8 Å². The predicted molar refractivity (Wildman–Crippen MR) is 448 cm³/mol. The van der Waals surface area contributed by atoms with Crippen LogP contribution in [0.3, 0.4) is 0 Å². The maximum absolute atomic E-state index is 12.3. The fourth-order valence-electron chi connectivity index (χ4n) is 10.9. The molecule has 2 amide bonds. The third-order valence-electron chi connectivity index (χ3n) is 18.2. The van der Waals surface area contributed by atoms with Crippen LogP contribution in [0.5, 0.6) is 0 Å². The zero-order valence-electron chi connectivity index (χ0n) is 70.8. The van der Waals surface area contributed by atoms with E-state index in [2.05, 4.69) is 55.5 Å². The molecule has 0 aliphatic carbocycles. The van der Waals surface area contributed by atoms with Gasteiger partial charge in [-0.05, 0) is 135 Å². The zero-order chi connectivity index (χ0) is 81.2. The summed E-state index contributed by atoms with van der Waals surface area (Å²) >= 11 is 0. The Balaban J connectivity index is -0.000000286. The quantitative estimate of drug-likeness (QED) is 0.0199. The topological polar surface area (TPSA) is 407 Å². The van der Waals surface area contributed by atoms with Gasteiger partial charge in [-0.3, -0.25) is 38.4 Å². The Kier molecular flexibility index (Phi) is 85.8. The van der Waals surface area contributed by atoms with E-state index in [1.807, 2.05) is 83.1 Å². The summed E-state index contributed by atoms with van der Waals surface area (Å²) in [5, 5.41) is 8.50. The van der Waals surface area contributed by atoms with Crippen LogP contribution >= 0.6 is 0 Å². The normalized spacial score (nSPS) is 12.8. The van der Waals surface area contributed by atoms with Gasteiger partial charge in [-0.2, -0.15) is 0 Å². The van der Waals surface area contributed by atoms with E-state index < -0.39 is 24.2 Å². The Morgan fingerprint density at radius 2 is 0.581 bits per heavy atom. The summed E-state index contributed by atoms with van der Waals surface area (Å²) in [5.41, 5.74) is 49.9. The molecule has 20 nitrogen and oxygen atoms in total. The summed E-state index contributed by atoms with van der Waals surface area (Å²) in [6.07, 6.45) is 49.3. The molecule has 0 aromatic rings. The molecule has 0 aliphatic rings. The van der Waals surface area contributed by atoms with Crippen LogP contribution in [0, 0.1) is 35.5 Å². The number of allylic oxidation sites excluding steroid dienone is 2. The van der Waals surface area contributed by atoms with E-state index in [-0.39, 0.29) is 82.5 Å². The maximum atomic E-state index is 12.3. The van der Waals surface area contributed by atoms with Crippen LogP contribution in [0.15, 0.2) is 24.6 Å². The third kappa shape index (κ3) is 77.7. The minimum absolute atomic E-state index is 0.0130. The average molecular weight is 1490 g/mol. The minimum Gasteiger partial charge on any atom is -0.386 e. The largest absolute Gasteiger partial charge is 0.386 e. The average Bonchev–Trinajstić information content (AvgIpc) is 0.901. The lowest BCUT2D eigenvalue weighted by Gasteiger charge is -2.22. The number of carbonyl (C=O) groups is 8. The summed E-state index contributed by atoms with van der Waals surface area (Å²) < 4.78 is 0. The number of carbonyl (C=O) groups excluding carboxylic acids is 8. The highest BCUT2D eigenvalue weighted by molar-refractivity contribution is 5.92. The number of rotatable bonds is 63. The van der Waals surface area contributed by atoms with Crippen molar-refractivity contribution in [3.8, 4) is 0 Å². The van der Waals surface area contributed by atoms with Crippen LogP contribution < -0.4 is 67.6 Å². The van der Waals surface area contributed by atoms with E-state index in [0.717, 1.165) is 96.3 Å². The van der Waals surface area contributed by atoms with E-state index in [1.54, 1.807) is 0 Å². The first-order valence-electron chi connectivity index (χ1n) is 42.2. The Morgan fingerprint density at radius 3 is 0.876 bits per heavy atom. The molecule has 0 heterocycles. The van der Waals surface area contributed by atoms with E-state index in [1.165, 1.54) is 128 Å². The molecule has 0 aliphatic heterocycles. The van der Waals surface area contributed by atoms with Crippen molar-refractivity contribution in [1.29, 1.82) is 0 Å². The molecule has 622 valence electrons. The standard InChI is InChI=1S/C23H44O.C16H33N5O2.C15H31N3O2.C13H26O.2C9H20N2O/c1-4-5-6-7-8-9-10-11-12-13-14-15-16-17-18-19-20-21-23(24)22(2)3;1-11(2)15(22)14(8-6-10-20-12(3)18)21-16(23)13(19)7-4-5-9-17;1-4-5-6-9-13(14(19)11(2)3)18-15(20)12(17)8-7-10-16;1-4-5-6-7-8-9-10-11-13(14)12(2)3;2*1-7(2)9(12)8(11)5-3-4-6-10/h11-12,22H,4-10,13-21H2,1-3H3;11,13-14,20H,3-10,17-19H2,1-2H3,(H,21,23);11-13H,4-10,16-17H2,1-3H3,(H,18,20);12H,4-11H2,1-3H3;2*7-8H,3-6,10-11H2,1-2H3/b12-11+;;;;;. The number of nitrogens with two attached hydrogens (primary N) is 9. The maximum Gasteiger partial charge on any atom is 0.237 e. The second-order valence-corrected chi connectivity index (χ2v) is 30.8. The molecule has 0 rings (SSSR count). The van der Waals surface area contributed by atoms with Crippen LogP contribution in [-0.4, -0.2) is 115 Å². The Hall–Kier alpha value is -4.28. The third-order valence-corrected chi connectivity index (χ3v) is 18.2. The molecule has 0 saturated carbocycles. The number of unbranched alkanes of at least 4 members (excludes halogenated alkanes) is 24. The molecular weight excluding hydrogens is 1320 g/mol. The second kappa shape index (κ2) is 80.7. The summed E-state index contributed by atoms with van der Waals surface area (Å²) in [6.45, 7) is 36.1. The van der Waals surface area contributed by atoms with Crippen molar-refractivity contribution in [3.63, 3.8) is 0 Å². The van der Waals surface area contributed by atoms with E-state index >= 15 is 0 Å². The molecule has 0 fully saturated rings. The molecule has 21 N–H and O–H groups in total. The summed E-state index contributed by atoms with van der Waals surface area (Å²) in [5.74, 6) is 1.48. The van der Waals surface area contributed by atoms with Crippen molar-refractivity contribution in [2.45, 2.75) is 403 Å². The molecule has 0 saturated heterocycles. The molecule has 105 heavy (non-hydrogen) atoms. The molecule has 0 aromatic heterocycles. The number of Topliss-reactive ketones (excluding diaryl/α,β-unsaturated/α-hetero) is 6. The SMILES string of the molecule is C=C(N)NCCCC(NC(=O)C(N)CCCCN)C(=O)C(C)C.CC(C)C(=O)C(N)CCCCN.CC(C)C(=O)C(N)CCCCN.CCCCCC(NC(=O)C(N)CCCN)C(=O)C(C)C.CCCCCCCC/C=C/CCCCCCCCCC(=O)C(C)C.CCCCCCCCCC(=O)C(C)C. The van der Waals surface area contributed by atoms with E-state index in [0.29, 0.717) is 88.6 Å². The van der Waals surface area contributed by atoms with Gasteiger partial charge >= 0.3 is 0 Å². The van der Waals surface area contributed by atoms with Gasteiger partial charge in [0.05, 0.1) is 42.1 Å². The van der Waals surface area contributed by atoms with Crippen LogP contribution in [0.2, 0.25) is 0 Å². The van der Waals surface area contributed by atoms with Crippen LogP contribution in [-0.2, 0) is 38.4 Å². The van der Waals surface area contributed by atoms with Crippen LogP contribution in [0.25, 0.3) is 0 Å². The molecule has 0 radical (unpaired) electrons. The lowest BCUT2D eigenvalue weighted by Crippen LogP contribution is -2.49. The number of nitrogens with one attached hydrogen (secondary N) is 3. The lowest BCUT2D eigenvalue weighted by molar-refractivity contribution is -0.130. The van der Waals surface area contributed by atoms with Crippen molar-refractivity contribution in [2.24, 2.45) is 87.1 Å². The van der Waals surface area contributed by atoms with Crippen molar-refractivity contribution in [2.75, 3.05) is 32.7 Å². The zero-order valence-corrected chi connectivity index (χ0v) is 70.8. The molecule has 6 atom stereocenters. The summed E-state index contributed by atoms with van der Waals surface area (Å²) in [4.78, 5) is 93.9. The molecule has 0 aromatic carbocycles. The van der Waals surface area contributed by atoms with Gasteiger partial charge < -0.3 is 67.6 Å². The molecule has 6 unspecified atom stereocenters. The molecule has 0 spiro atoms. The van der Waals surface area contributed by atoms with Crippen molar-refractivity contribution in [1.82, 2.24) is 16.0 Å². The molecule has 20 heteroatoms. The van der Waals surface area contributed by atoms with Gasteiger partial charge in [-0.1, -0.05) is 264 Å². The number of hydrogen-bond acceptors (Lipinski definition) is 18. The second-order valence-electron chi connectivity index (χ2n) is 30.8. The van der Waals surface area contributed by atoms with E-state index in [4.69, 9.17) is 51.6 Å². The first-order chi connectivity index (χ1) is 49.8. The van der Waals surface area contributed by atoms with Crippen molar-refractivity contribution < 1.29 is 38.4 Å². The van der Waals surface area contributed by atoms with Crippen molar-refractivity contribution >= 4 is 46.5 Å². The van der Waals surface area contributed by atoms with Gasteiger partial charge in [0.15, 0.2) is 23.1 Å². The summed E-state index contributed by atoms with van der Waals surface area (Å²) in [6, 6.07) is -2.67. The predicted octanol–water partition coefficient (Wildman–Crippen LogP) is 15.0. The highest BCUT2D eigenvalue weighted by Crippen LogP contribution is 2.16. The van der Waals surface area contributed by atoms with Gasteiger partial charge in [0.1, 0.15) is 11.6 Å². The number of ketones is 6. The van der Waals surface area contributed by atoms with E-state index in [9.17, 15) is 38.4 Å². The van der Waals surface area contributed by atoms with Gasteiger partial charge in [0, 0.05) is 54.9 Å². The smallest absolute Gasteiger partial charge is 0.237 e. The number of hydrogen-bond donors (Lipinski definition) is 12.